The Labute approximate surface area is 203 Å². The summed E-state index contributed by atoms with van der Waals surface area (Å²) in [6.07, 6.45) is 1.63. The number of aromatic nitrogens is 3. The van der Waals surface area contributed by atoms with E-state index in [1.54, 1.807) is 50.4 Å². The van der Waals surface area contributed by atoms with E-state index in [4.69, 9.17) is 5.73 Å². The second kappa shape index (κ2) is 9.30. The first kappa shape index (κ1) is 24.1. The third kappa shape index (κ3) is 4.92. The van der Waals surface area contributed by atoms with Crippen molar-refractivity contribution in [3.63, 3.8) is 0 Å². The fourth-order valence-corrected chi connectivity index (χ4v) is 4.72. The first-order chi connectivity index (χ1) is 16.6. The highest BCUT2D eigenvalue weighted by Crippen LogP contribution is 2.30. The molecule has 0 atom stereocenters. The normalized spacial score (nSPS) is 11.6. The van der Waals surface area contributed by atoms with E-state index < -0.39 is 21.0 Å². The molecule has 2 heterocycles. The smallest absolute Gasteiger partial charge is 0.267 e. The SMILES string of the molecule is Cc1ccc2nc(C(N)=O)cc(Nc3ncc(C)c(Nc4ccccc4S(=O)(=O)C(C)C)n3)c2c1. The summed E-state index contributed by atoms with van der Waals surface area (Å²) in [7, 11) is -3.51. The fourth-order valence-electron chi connectivity index (χ4n) is 3.52. The summed E-state index contributed by atoms with van der Waals surface area (Å²) in [5, 5.41) is 6.51. The van der Waals surface area contributed by atoms with Gasteiger partial charge in [-0.05, 0) is 58.0 Å². The molecule has 35 heavy (non-hydrogen) atoms. The molecule has 9 nitrogen and oxygen atoms in total. The van der Waals surface area contributed by atoms with Crippen molar-refractivity contribution < 1.29 is 13.2 Å². The molecule has 0 saturated heterocycles. The second-order valence-electron chi connectivity index (χ2n) is 8.51. The van der Waals surface area contributed by atoms with Crippen molar-refractivity contribution in [3.05, 3.63) is 71.5 Å². The Balaban J connectivity index is 1.75. The molecule has 0 aliphatic heterocycles. The Morgan fingerprint density at radius 2 is 1.71 bits per heavy atom. The maximum Gasteiger partial charge on any atom is 0.267 e. The van der Waals surface area contributed by atoms with Gasteiger partial charge in [-0.15, -0.1) is 0 Å². The number of para-hydroxylation sites is 1. The van der Waals surface area contributed by atoms with E-state index in [1.807, 2.05) is 32.0 Å². The predicted molar refractivity (Wildman–Crippen MR) is 137 cm³/mol. The number of carbonyl (C=O) groups excluding carboxylic acids is 1. The van der Waals surface area contributed by atoms with Gasteiger partial charge in [0.15, 0.2) is 9.84 Å². The molecule has 4 rings (SSSR count). The maximum atomic E-state index is 12.8. The predicted octanol–water partition coefficient (Wildman–Crippen LogP) is 4.41. The Hall–Kier alpha value is -4.05. The summed E-state index contributed by atoms with van der Waals surface area (Å²) in [5.41, 5.74) is 8.94. The van der Waals surface area contributed by atoms with Crippen LogP contribution in [0.25, 0.3) is 10.9 Å². The van der Waals surface area contributed by atoms with E-state index in [9.17, 15) is 13.2 Å². The average molecular weight is 491 g/mol. The van der Waals surface area contributed by atoms with Gasteiger partial charge in [-0.1, -0.05) is 23.8 Å². The minimum absolute atomic E-state index is 0.113. The molecule has 1 amide bonds. The molecule has 4 aromatic rings. The number of amides is 1. The largest absolute Gasteiger partial charge is 0.364 e. The third-order valence-corrected chi connectivity index (χ3v) is 7.71. The number of rotatable bonds is 7. The number of fused-ring (bicyclic) bond motifs is 1. The van der Waals surface area contributed by atoms with Crippen LogP contribution in [0.5, 0.6) is 0 Å². The van der Waals surface area contributed by atoms with Gasteiger partial charge in [-0.25, -0.2) is 18.4 Å². The van der Waals surface area contributed by atoms with Crippen molar-refractivity contribution in [2.45, 2.75) is 37.8 Å². The summed E-state index contributed by atoms with van der Waals surface area (Å²) in [5.74, 6) is 0.0518. The van der Waals surface area contributed by atoms with Crippen molar-refractivity contribution in [1.29, 1.82) is 0 Å². The van der Waals surface area contributed by atoms with Gasteiger partial charge in [0.2, 0.25) is 5.95 Å². The number of aryl methyl sites for hydroxylation is 2. The minimum atomic E-state index is -3.51. The summed E-state index contributed by atoms with van der Waals surface area (Å²) in [6, 6.07) is 13.9. The number of nitrogens with one attached hydrogen (secondary N) is 2. The highest BCUT2D eigenvalue weighted by molar-refractivity contribution is 7.92. The number of sulfone groups is 1. The lowest BCUT2D eigenvalue weighted by Crippen LogP contribution is -2.16. The molecule has 0 saturated carbocycles. The molecule has 0 bridgehead atoms. The number of benzene rings is 2. The molecule has 2 aromatic heterocycles. The van der Waals surface area contributed by atoms with Gasteiger partial charge in [0.1, 0.15) is 11.5 Å². The quantitative estimate of drug-likeness (QED) is 0.346. The molecule has 10 heteroatoms. The zero-order valence-electron chi connectivity index (χ0n) is 19.8. The Kier molecular flexibility index (Phi) is 6.40. The molecule has 0 unspecified atom stereocenters. The van der Waals surface area contributed by atoms with Crippen molar-refractivity contribution >= 4 is 49.8 Å². The molecular formula is C25H26N6O3S. The van der Waals surface area contributed by atoms with E-state index in [2.05, 4.69) is 25.6 Å². The number of nitrogens with zero attached hydrogens (tertiary/aromatic N) is 3. The van der Waals surface area contributed by atoms with Crippen LogP contribution in [-0.4, -0.2) is 34.5 Å². The van der Waals surface area contributed by atoms with Gasteiger partial charge in [0.25, 0.3) is 5.91 Å². The van der Waals surface area contributed by atoms with Gasteiger partial charge >= 0.3 is 0 Å². The van der Waals surface area contributed by atoms with Crippen molar-refractivity contribution in [2.24, 2.45) is 5.73 Å². The first-order valence-corrected chi connectivity index (χ1v) is 12.5. The lowest BCUT2D eigenvalue weighted by Gasteiger charge is -2.16. The van der Waals surface area contributed by atoms with Crippen molar-refractivity contribution in [1.82, 2.24) is 15.0 Å². The molecule has 2 aromatic carbocycles. The molecular weight excluding hydrogens is 464 g/mol. The molecule has 0 aliphatic rings. The summed E-state index contributed by atoms with van der Waals surface area (Å²) in [6.45, 7) is 7.07. The van der Waals surface area contributed by atoms with E-state index in [1.165, 1.54) is 0 Å². The number of pyridine rings is 1. The molecule has 0 radical (unpaired) electrons. The van der Waals surface area contributed by atoms with Crippen LogP contribution >= 0.6 is 0 Å². The van der Waals surface area contributed by atoms with Crippen LogP contribution in [0.15, 0.2) is 59.6 Å². The highest BCUT2D eigenvalue weighted by Gasteiger charge is 2.23. The van der Waals surface area contributed by atoms with Crippen molar-refractivity contribution in [3.8, 4) is 0 Å². The number of anilines is 4. The topological polar surface area (TPSA) is 140 Å². The van der Waals surface area contributed by atoms with Gasteiger partial charge < -0.3 is 16.4 Å². The van der Waals surface area contributed by atoms with E-state index in [-0.39, 0.29) is 16.5 Å². The molecule has 4 N–H and O–H groups in total. The van der Waals surface area contributed by atoms with Crippen LogP contribution in [0.4, 0.5) is 23.1 Å². The monoisotopic (exact) mass is 490 g/mol. The average Bonchev–Trinajstić information content (AvgIpc) is 2.81. The van der Waals surface area contributed by atoms with Crippen LogP contribution in [0.3, 0.4) is 0 Å². The molecule has 180 valence electrons. The van der Waals surface area contributed by atoms with Gasteiger partial charge in [-0.3, -0.25) is 4.79 Å². The van der Waals surface area contributed by atoms with E-state index in [0.29, 0.717) is 22.7 Å². The number of primary amides is 1. The molecule has 0 aliphatic carbocycles. The highest BCUT2D eigenvalue weighted by atomic mass is 32.2. The number of hydrogen-bond acceptors (Lipinski definition) is 8. The maximum absolute atomic E-state index is 12.8. The Morgan fingerprint density at radius 3 is 2.43 bits per heavy atom. The molecule has 0 spiro atoms. The first-order valence-electron chi connectivity index (χ1n) is 11.0. The van der Waals surface area contributed by atoms with Crippen LogP contribution in [0.2, 0.25) is 0 Å². The van der Waals surface area contributed by atoms with Crippen molar-refractivity contribution in [2.75, 3.05) is 10.6 Å². The van der Waals surface area contributed by atoms with Crippen LogP contribution in [0, 0.1) is 13.8 Å². The fraction of sp³-hybridized carbons (Fsp3) is 0.200. The Bertz CT molecular complexity index is 1550. The van der Waals surface area contributed by atoms with Gasteiger partial charge in [0, 0.05) is 17.1 Å². The summed E-state index contributed by atoms with van der Waals surface area (Å²) in [4.78, 5) is 25.3. The Morgan fingerprint density at radius 1 is 0.971 bits per heavy atom. The second-order valence-corrected chi connectivity index (χ2v) is 11.0. The summed E-state index contributed by atoms with van der Waals surface area (Å²) < 4.78 is 25.7. The van der Waals surface area contributed by atoms with Crippen LogP contribution < -0.4 is 16.4 Å². The van der Waals surface area contributed by atoms with Gasteiger partial charge in [-0.2, -0.15) is 4.98 Å². The third-order valence-electron chi connectivity index (χ3n) is 5.50. The molecule has 0 fully saturated rings. The summed E-state index contributed by atoms with van der Waals surface area (Å²) >= 11 is 0. The number of carbonyl (C=O) groups is 1. The minimum Gasteiger partial charge on any atom is -0.364 e. The standard InChI is InChI=1S/C25H26N6O3S/c1-14(2)35(33,34)22-8-6-5-7-19(22)29-24-16(4)13-27-25(31-24)30-20-12-21(23(26)32)28-18-10-9-15(3)11-17(18)20/h5-14H,1-4H3,(H2,26,32)(H2,27,28,29,30,31). The number of nitrogens with two attached hydrogens (primary N) is 1. The van der Waals surface area contributed by atoms with E-state index >= 15 is 0 Å². The lowest BCUT2D eigenvalue weighted by atomic mass is 10.1. The number of hydrogen-bond donors (Lipinski definition) is 3. The van der Waals surface area contributed by atoms with Gasteiger partial charge in [0.05, 0.1) is 27.0 Å². The van der Waals surface area contributed by atoms with Crippen LogP contribution in [0.1, 0.15) is 35.5 Å². The lowest BCUT2D eigenvalue weighted by molar-refractivity contribution is 0.0996. The van der Waals surface area contributed by atoms with E-state index in [0.717, 1.165) is 16.5 Å². The zero-order chi connectivity index (χ0) is 25.3. The van der Waals surface area contributed by atoms with Crippen LogP contribution in [-0.2, 0) is 9.84 Å². The zero-order valence-corrected chi connectivity index (χ0v) is 20.6.